The highest BCUT2D eigenvalue weighted by Crippen LogP contribution is 2.42. The van der Waals surface area contributed by atoms with Gasteiger partial charge in [-0.2, -0.15) is 0 Å². The average molecular weight is 226 g/mol. The third kappa shape index (κ3) is 1.94. The number of piperidine rings is 1. The maximum absolute atomic E-state index is 3.83. The van der Waals surface area contributed by atoms with Crippen LogP contribution in [0.2, 0.25) is 0 Å². The Morgan fingerprint density at radius 3 is 3.13 bits per heavy atom. The van der Waals surface area contributed by atoms with E-state index in [9.17, 15) is 0 Å². The maximum Gasteiger partial charge on any atom is 0.0672 e. The minimum Gasteiger partial charge on any atom is -0.302 e. The second-order valence-electron chi connectivity index (χ2n) is 5.58. The summed E-state index contributed by atoms with van der Waals surface area (Å²) in [5, 5.41) is 3.83. The van der Waals surface area contributed by atoms with Gasteiger partial charge in [-0.05, 0) is 50.4 Å². The molecule has 3 heteroatoms. The smallest absolute Gasteiger partial charge is 0.0672 e. The summed E-state index contributed by atoms with van der Waals surface area (Å²) in [6, 6.07) is 0.896. The summed E-state index contributed by atoms with van der Waals surface area (Å²) in [4.78, 5) is 3.17. The molecular weight excluding hydrogens is 204 g/mol. The first kappa shape index (κ1) is 10.4. The van der Waals surface area contributed by atoms with Gasteiger partial charge in [0.1, 0.15) is 0 Å². The van der Waals surface area contributed by atoms with Crippen molar-refractivity contribution in [2.24, 2.45) is 5.92 Å². The lowest BCUT2D eigenvalue weighted by molar-refractivity contribution is 0.148. The highest BCUT2D eigenvalue weighted by atomic mass is 32.2. The van der Waals surface area contributed by atoms with Crippen LogP contribution < -0.4 is 5.32 Å². The van der Waals surface area contributed by atoms with Crippen molar-refractivity contribution < 1.29 is 0 Å². The molecule has 3 fully saturated rings. The van der Waals surface area contributed by atoms with Crippen molar-refractivity contribution in [3.8, 4) is 0 Å². The number of nitrogens with zero attached hydrogens (tertiary/aromatic N) is 1. The molecule has 1 N–H and O–H groups in total. The van der Waals surface area contributed by atoms with E-state index < -0.39 is 0 Å². The molecule has 0 saturated carbocycles. The molecule has 3 saturated heterocycles. The molecule has 1 spiro atoms. The summed E-state index contributed by atoms with van der Waals surface area (Å²) in [7, 11) is 0. The van der Waals surface area contributed by atoms with E-state index >= 15 is 0 Å². The van der Waals surface area contributed by atoms with Crippen molar-refractivity contribution >= 4 is 11.8 Å². The molecule has 0 aromatic heterocycles. The van der Waals surface area contributed by atoms with Gasteiger partial charge in [0, 0.05) is 12.6 Å². The monoisotopic (exact) mass is 226 g/mol. The first-order chi connectivity index (χ1) is 7.27. The van der Waals surface area contributed by atoms with Gasteiger partial charge in [-0.15, -0.1) is 11.8 Å². The van der Waals surface area contributed by atoms with Gasteiger partial charge in [0.15, 0.2) is 0 Å². The van der Waals surface area contributed by atoms with Crippen molar-refractivity contribution in [1.29, 1.82) is 0 Å². The molecule has 0 aromatic rings. The lowest BCUT2D eigenvalue weighted by Crippen LogP contribution is -2.56. The van der Waals surface area contributed by atoms with Gasteiger partial charge < -0.3 is 10.2 Å². The first-order valence-corrected chi connectivity index (χ1v) is 7.39. The fraction of sp³-hybridized carbons (Fsp3) is 1.00. The zero-order valence-electron chi connectivity index (χ0n) is 9.67. The van der Waals surface area contributed by atoms with Crippen LogP contribution in [0.15, 0.2) is 0 Å². The standard InChI is InChI=1S/C12H22N2S/c1-10-8-13-12(15-9-10)4-6-14-5-2-3-11(14)7-12/h10-11,13H,2-9H2,1H3. The van der Waals surface area contributed by atoms with Crippen LogP contribution in [-0.2, 0) is 0 Å². The Hall–Kier alpha value is 0.270. The summed E-state index contributed by atoms with van der Waals surface area (Å²) in [5.41, 5.74) is 0. The van der Waals surface area contributed by atoms with Crippen LogP contribution in [0.25, 0.3) is 0 Å². The fourth-order valence-corrected chi connectivity index (χ4v) is 4.74. The minimum atomic E-state index is 0.456. The number of nitrogens with one attached hydrogen (secondary N) is 1. The molecule has 0 bridgehead atoms. The number of rotatable bonds is 0. The Labute approximate surface area is 97.2 Å². The summed E-state index contributed by atoms with van der Waals surface area (Å²) < 4.78 is 0. The molecule has 2 nitrogen and oxygen atoms in total. The van der Waals surface area contributed by atoms with E-state index in [1.807, 2.05) is 0 Å². The summed E-state index contributed by atoms with van der Waals surface area (Å²) in [6.07, 6.45) is 5.63. The van der Waals surface area contributed by atoms with E-state index in [1.165, 1.54) is 51.1 Å². The Bertz CT molecular complexity index is 236. The lowest BCUT2D eigenvalue weighted by Gasteiger charge is -2.47. The molecule has 3 unspecified atom stereocenters. The van der Waals surface area contributed by atoms with Gasteiger partial charge in [0.2, 0.25) is 0 Å². The molecule has 0 radical (unpaired) electrons. The van der Waals surface area contributed by atoms with Gasteiger partial charge in [-0.3, -0.25) is 0 Å². The van der Waals surface area contributed by atoms with Gasteiger partial charge in [0.05, 0.1) is 4.87 Å². The van der Waals surface area contributed by atoms with Crippen molar-refractivity contribution in [1.82, 2.24) is 10.2 Å². The number of fused-ring (bicyclic) bond motifs is 1. The van der Waals surface area contributed by atoms with Gasteiger partial charge in [0.25, 0.3) is 0 Å². The maximum atomic E-state index is 3.83. The van der Waals surface area contributed by atoms with E-state index in [4.69, 9.17) is 0 Å². The van der Waals surface area contributed by atoms with Crippen LogP contribution in [0.1, 0.15) is 32.6 Å². The molecule has 3 atom stereocenters. The zero-order valence-corrected chi connectivity index (χ0v) is 10.5. The number of thioether (sulfide) groups is 1. The lowest BCUT2D eigenvalue weighted by atomic mass is 9.96. The van der Waals surface area contributed by atoms with Crippen molar-refractivity contribution in [2.45, 2.75) is 43.5 Å². The van der Waals surface area contributed by atoms with Crippen molar-refractivity contribution in [2.75, 3.05) is 25.4 Å². The molecule has 3 heterocycles. The molecule has 0 amide bonds. The van der Waals surface area contributed by atoms with Crippen LogP contribution in [0, 0.1) is 5.92 Å². The van der Waals surface area contributed by atoms with E-state index in [2.05, 4.69) is 28.9 Å². The minimum absolute atomic E-state index is 0.456. The normalized spacial score (nSPS) is 47.0. The fourth-order valence-electron chi connectivity index (χ4n) is 3.29. The predicted octanol–water partition coefficient (Wildman–Crippen LogP) is 1.91. The summed E-state index contributed by atoms with van der Waals surface area (Å²) >= 11 is 2.21. The molecule has 3 aliphatic rings. The van der Waals surface area contributed by atoms with Crippen molar-refractivity contribution in [3.63, 3.8) is 0 Å². The number of hydrogen-bond acceptors (Lipinski definition) is 3. The molecular formula is C12H22N2S. The van der Waals surface area contributed by atoms with Crippen LogP contribution >= 0.6 is 11.8 Å². The SMILES string of the molecule is CC1CNC2(CCN3CCCC3C2)SC1. The van der Waals surface area contributed by atoms with Gasteiger partial charge >= 0.3 is 0 Å². The van der Waals surface area contributed by atoms with E-state index in [-0.39, 0.29) is 0 Å². The third-order valence-corrected chi connectivity index (χ3v) is 6.09. The largest absolute Gasteiger partial charge is 0.302 e. The van der Waals surface area contributed by atoms with Crippen LogP contribution in [0.3, 0.4) is 0 Å². The van der Waals surface area contributed by atoms with E-state index in [0.29, 0.717) is 4.87 Å². The topological polar surface area (TPSA) is 15.3 Å². The summed E-state index contributed by atoms with van der Waals surface area (Å²) in [6.45, 7) is 6.29. The highest BCUT2D eigenvalue weighted by molar-refractivity contribution is 8.00. The Kier molecular flexibility index (Phi) is 2.74. The molecule has 0 aromatic carbocycles. The average Bonchev–Trinajstić information content (AvgIpc) is 2.70. The number of hydrogen-bond donors (Lipinski definition) is 1. The Balaban J connectivity index is 1.67. The van der Waals surface area contributed by atoms with Crippen LogP contribution in [-0.4, -0.2) is 41.2 Å². The molecule has 15 heavy (non-hydrogen) atoms. The predicted molar refractivity (Wildman–Crippen MR) is 66.2 cm³/mol. The molecule has 86 valence electrons. The summed E-state index contributed by atoms with van der Waals surface area (Å²) in [5.74, 6) is 2.22. The van der Waals surface area contributed by atoms with Crippen molar-refractivity contribution in [3.05, 3.63) is 0 Å². The van der Waals surface area contributed by atoms with E-state index in [0.717, 1.165) is 12.0 Å². The first-order valence-electron chi connectivity index (χ1n) is 6.40. The Morgan fingerprint density at radius 1 is 1.40 bits per heavy atom. The van der Waals surface area contributed by atoms with Gasteiger partial charge in [-0.1, -0.05) is 6.92 Å². The Morgan fingerprint density at radius 2 is 2.33 bits per heavy atom. The van der Waals surface area contributed by atoms with E-state index in [1.54, 1.807) is 0 Å². The van der Waals surface area contributed by atoms with Crippen LogP contribution in [0.4, 0.5) is 0 Å². The quantitative estimate of drug-likeness (QED) is 0.679. The molecule has 3 aliphatic heterocycles. The van der Waals surface area contributed by atoms with Gasteiger partial charge in [-0.25, -0.2) is 0 Å². The zero-order chi connectivity index (χ0) is 10.3. The van der Waals surface area contributed by atoms with Crippen LogP contribution in [0.5, 0.6) is 0 Å². The second-order valence-corrected chi connectivity index (χ2v) is 6.98. The second kappa shape index (κ2) is 3.94. The third-order valence-electron chi connectivity index (χ3n) is 4.28. The highest BCUT2D eigenvalue weighted by Gasteiger charge is 2.43. The molecule has 3 rings (SSSR count). The molecule has 0 aliphatic carbocycles.